The molecule has 0 spiro atoms. The van der Waals surface area contributed by atoms with Crippen LogP contribution in [0.3, 0.4) is 0 Å². The Kier molecular flexibility index (Phi) is 6.58. The summed E-state index contributed by atoms with van der Waals surface area (Å²) in [5, 5.41) is 3.24. The first kappa shape index (κ1) is 20.3. The Morgan fingerprint density at radius 3 is 2.40 bits per heavy atom. The number of anilines is 2. The summed E-state index contributed by atoms with van der Waals surface area (Å²) < 4.78 is 26.2. The van der Waals surface area contributed by atoms with E-state index in [9.17, 15) is 13.2 Å². The van der Waals surface area contributed by atoms with Crippen molar-refractivity contribution >= 4 is 73.1 Å². The Morgan fingerprint density at radius 1 is 1.16 bits per heavy atom. The summed E-state index contributed by atoms with van der Waals surface area (Å²) in [7, 11) is -3.68. The van der Waals surface area contributed by atoms with Gasteiger partial charge in [0.25, 0.3) is 0 Å². The number of nitrogens with zero attached hydrogens (tertiary/aromatic N) is 1. The molecule has 0 aliphatic heterocycles. The lowest BCUT2D eigenvalue weighted by Crippen LogP contribution is -2.37. The zero-order chi connectivity index (χ0) is 18.8. The molecular weight excluding hydrogens is 498 g/mol. The minimum absolute atomic E-state index is 0.210. The molecule has 0 saturated carbocycles. The van der Waals surface area contributed by atoms with Crippen LogP contribution in [-0.2, 0) is 14.8 Å². The van der Waals surface area contributed by atoms with Crippen LogP contribution in [0.25, 0.3) is 0 Å². The van der Waals surface area contributed by atoms with E-state index < -0.39 is 15.9 Å². The Labute approximate surface area is 170 Å². The highest BCUT2D eigenvalue weighted by Gasteiger charge is 2.22. The summed E-state index contributed by atoms with van der Waals surface area (Å²) in [4.78, 5) is 12.4. The fourth-order valence-corrected chi connectivity index (χ4v) is 3.92. The van der Waals surface area contributed by atoms with Crippen molar-refractivity contribution in [2.45, 2.75) is 6.92 Å². The van der Waals surface area contributed by atoms with Gasteiger partial charge in [-0.3, -0.25) is 9.10 Å². The van der Waals surface area contributed by atoms with Crippen molar-refractivity contribution in [3.05, 3.63) is 55.6 Å². The van der Waals surface area contributed by atoms with Crippen molar-refractivity contribution in [1.82, 2.24) is 0 Å². The lowest BCUT2D eigenvalue weighted by molar-refractivity contribution is -0.114. The largest absolute Gasteiger partial charge is 0.324 e. The molecule has 5 nitrogen and oxygen atoms in total. The average Bonchev–Trinajstić information content (AvgIpc) is 2.49. The summed E-state index contributed by atoms with van der Waals surface area (Å²) in [6.07, 6.45) is 1.03. The number of sulfonamides is 1. The van der Waals surface area contributed by atoms with Gasteiger partial charge in [-0.2, -0.15) is 0 Å². The number of carbonyl (C=O) groups is 1. The summed E-state index contributed by atoms with van der Waals surface area (Å²) in [6, 6.07) is 9.95. The first-order valence-corrected chi connectivity index (χ1v) is 10.7. The molecule has 2 aromatic carbocycles. The summed E-state index contributed by atoms with van der Waals surface area (Å²) in [5.41, 5.74) is 1.79. The van der Waals surface area contributed by atoms with E-state index in [-0.39, 0.29) is 17.3 Å². The molecule has 0 bridgehead atoms. The predicted molar refractivity (Wildman–Crippen MR) is 111 cm³/mol. The Morgan fingerprint density at radius 2 is 1.84 bits per heavy atom. The van der Waals surface area contributed by atoms with Gasteiger partial charge in [0.1, 0.15) is 6.54 Å². The molecule has 0 unspecified atom stereocenters. The van der Waals surface area contributed by atoms with E-state index in [0.29, 0.717) is 10.7 Å². The maximum Gasteiger partial charge on any atom is 0.245 e. The summed E-state index contributed by atoms with van der Waals surface area (Å²) in [6.45, 7) is 1.49. The molecule has 0 heterocycles. The van der Waals surface area contributed by atoms with Gasteiger partial charge in [-0.15, -0.1) is 0 Å². The van der Waals surface area contributed by atoms with Crippen LogP contribution in [0.2, 0.25) is 10.0 Å². The molecule has 0 aliphatic carbocycles. The zero-order valence-electron chi connectivity index (χ0n) is 13.4. The number of hydrogen-bond acceptors (Lipinski definition) is 3. The van der Waals surface area contributed by atoms with E-state index in [1.54, 1.807) is 6.07 Å². The number of hydrogen-bond donors (Lipinski definition) is 1. The molecule has 0 aromatic heterocycles. The Bertz CT molecular complexity index is 920. The number of carbonyl (C=O) groups excluding carboxylic acids is 1. The second kappa shape index (κ2) is 8.11. The predicted octanol–water partition coefficient (Wildman–Crippen LogP) is 4.31. The number of aryl methyl sites for hydroxylation is 1. The van der Waals surface area contributed by atoms with Gasteiger partial charge >= 0.3 is 0 Å². The first-order chi connectivity index (χ1) is 11.6. The Hall–Kier alpha value is -1.03. The summed E-state index contributed by atoms with van der Waals surface area (Å²) >= 11 is 14.0. The minimum Gasteiger partial charge on any atom is -0.324 e. The highest BCUT2D eigenvalue weighted by Crippen LogP contribution is 2.28. The molecule has 2 rings (SSSR count). The van der Waals surface area contributed by atoms with E-state index in [0.717, 1.165) is 19.7 Å². The van der Waals surface area contributed by atoms with Crippen LogP contribution in [0, 0.1) is 10.5 Å². The molecule has 0 fully saturated rings. The van der Waals surface area contributed by atoms with Crippen molar-refractivity contribution in [3.63, 3.8) is 0 Å². The molecule has 0 saturated heterocycles. The number of nitrogens with one attached hydrogen (secondary N) is 1. The zero-order valence-corrected chi connectivity index (χ0v) is 17.9. The standard InChI is InChI=1S/C16H15Cl2IN2O3S/c1-10-7-11(19)3-6-15(10)20-16(22)9-21(25(2,23)24)12-4-5-13(17)14(18)8-12/h3-8H,9H2,1-2H3,(H,20,22). The van der Waals surface area contributed by atoms with Crippen LogP contribution in [0.4, 0.5) is 11.4 Å². The van der Waals surface area contributed by atoms with Gasteiger partial charge in [0, 0.05) is 9.26 Å². The van der Waals surface area contributed by atoms with Crippen LogP contribution < -0.4 is 9.62 Å². The number of rotatable bonds is 5. The molecular formula is C16H15Cl2IN2O3S. The fourth-order valence-electron chi connectivity index (χ4n) is 2.13. The third-order valence-electron chi connectivity index (χ3n) is 3.34. The number of halogens is 3. The van der Waals surface area contributed by atoms with Gasteiger partial charge < -0.3 is 5.32 Å². The normalized spacial score (nSPS) is 11.2. The van der Waals surface area contributed by atoms with E-state index in [1.165, 1.54) is 18.2 Å². The van der Waals surface area contributed by atoms with Crippen LogP contribution in [-0.4, -0.2) is 27.1 Å². The number of amides is 1. The first-order valence-electron chi connectivity index (χ1n) is 7.06. The smallest absolute Gasteiger partial charge is 0.245 e. The van der Waals surface area contributed by atoms with E-state index in [2.05, 4.69) is 27.9 Å². The summed E-state index contributed by atoms with van der Waals surface area (Å²) in [5.74, 6) is -0.458. The van der Waals surface area contributed by atoms with Crippen LogP contribution in [0.5, 0.6) is 0 Å². The van der Waals surface area contributed by atoms with Crippen molar-refractivity contribution < 1.29 is 13.2 Å². The van der Waals surface area contributed by atoms with Gasteiger partial charge in [-0.05, 0) is 71.5 Å². The van der Waals surface area contributed by atoms with Crippen LogP contribution in [0.15, 0.2) is 36.4 Å². The molecule has 9 heteroatoms. The van der Waals surface area contributed by atoms with Crippen molar-refractivity contribution in [2.75, 3.05) is 22.4 Å². The molecule has 0 radical (unpaired) electrons. The van der Waals surface area contributed by atoms with Crippen LogP contribution in [0.1, 0.15) is 5.56 Å². The molecule has 0 aliphatic rings. The quantitative estimate of drug-likeness (QED) is 0.607. The third-order valence-corrected chi connectivity index (χ3v) is 5.89. The lowest BCUT2D eigenvalue weighted by atomic mass is 10.2. The van der Waals surface area contributed by atoms with Gasteiger partial charge in [0.15, 0.2) is 0 Å². The average molecular weight is 513 g/mol. The van der Waals surface area contributed by atoms with Crippen molar-refractivity contribution in [1.29, 1.82) is 0 Å². The highest BCUT2D eigenvalue weighted by atomic mass is 127. The maximum absolute atomic E-state index is 12.4. The molecule has 134 valence electrons. The topological polar surface area (TPSA) is 66.5 Å². The van der Waals surface area contributed by atoms with E-state index >= 15 is 0 Å². The molecule has 1 N–H and O–H groups in total. The van der Waals surface area contributed by atoms with E-state index in [1.807, 2.05) is 19.1 Å². The second-order valence-electron chi connectivity index (χ2n) is 5.38. The van der Waals surface area contributed by atoms with Gasteiger partial charge in [-0.1, -0.05) is 23.2 Å². The molecule has 1 amide bonds. The van der Waals surface area contributed by atoms with Gasteiger partial charge in [0.2, 0.25) is 15.9 Å². The lowest BCUT2D eigenvalue weighted by Gasteiger charge is -2.22. The molecule has 25 heavy (non-hydrogen) atoms. The molecule has 0 atom stereocenters. The SMILES string of the molecule is Cc1cc(I)ccc1NC(=O)CN(c1ccc(Cl)c(Cl)c1)S(C)(=O)=O. The number of benzene rings is 2. The van der Waals surface area contributed by atoms with E-state index in [4.69, 9.17) is 23.2 Å². The van der Waals surface area contributed by atoms with Gasteiger partial charge in [-0.25, -0.2) is 8.42 Å². The fraction of sp³-hybridized carbons (Fsp3) is 0.188. The molecule has 2 aromatic rings. The maximum atomic E-state index is 12.4. The van der Waals surface area contributed by atoms with Crippen molar-refractivity contribution in [2.24, 2.45) is 0 Å². The monoisotopic (exact) mass is 512 g/mol. The van der Waals surface area contributed by atoms with Crippen LogP contribution >= 0.6 is 45.8 Å². The third kappa shape index (κ3) is 5.47. The van der Waals surface area contributed by atoms with Crippen molar-refractivity contribution in [3.8, 4) is 0 Å². The second-order valence-corrected chi connectivity index (χ2v) is 9.34. The Balaban J connectivity index is 2.25. The highest BCUT2D eigenvalue weighted by molar-refractivity contribution is 14.1. The van der Waals surface area contributed by atoms with Gasteiger partial charge in [0.05, 0.1) is 22.0 Å². The minimum atomic E-state index is -3.68.